The summed E-state index contributed by atoms with van der Waals surface area (Å²) in [7, 11) is 3.09. The van der Waals surface area contributed by atoms with Crippen molar-refractivity contribution in [3.63, 3.8) is 0 Å². The van der Waals surface area contributed by atoms with Crippen LogP contribution in [0.3, 0.4) is 0 Å². The van der Waals surface area contributed by atoms with Crippen molar-refractivity contribution < 1.29 is 4.98 Å². The molecule has 0 saturated carbocycles. The summed E-state index contributed by atoms with van der Waals surface area (Å²) in [6.45, 7) is 0. The first-order valence-corrected chi connectivity index (χ1v) is 6.75. The van der Waals surface area contributed by atoms with E-state index in [1.165, 1.54) is 11.6 Å². The molecule has 5 nitrogen and oxygen atoms in total. The first-order chi connectivity index (χ1) is 10.0. The Bertz CT molecular complexity index is 973. The number of nitrogens with zero attached hydrogens (tertiary/aromatic N) is 2. The number of halogens is 1. The lowest BCUT2D eigenvalue weighted by Crippen LogP contribution is -2.39. The molecule has 1 aromatic carbocycles. The monoisotopic (exact) mass is 302 g/mol. The van der Waals surface area contributed by atoms with E-state index in [0.29, 0.717) is 21.6 Å². The molecule has 0 radical (unpaired) electrons. The quantitative estimate of drug-likeness (QED) is 0.682. The Kier molecular flexibility index (Phi) is 3.14. The van der Waals surface area contributed by atoms with Crippen molar-refractivity contribution in [1.29, 1.82) is 0 Å². The predicted octanol–water partition coefficient (Wildman–Crippen LogP) is 1.37. The first kappa shape index (κ1) is 13.6. The second kappa shape index (κ2) is 4.86. The third-order valence-electron chi connectivity index (χ3n) is 3.57. The van der Waals surface area contributed by atoms with Crippen LogP contribution in [-0.2, 0) is 14.1 Å². The molecule has 0 spiro atoms. The van der Waals surface area contributed by atoms with E-state index in [-0.39, 0.29) is 11.2 Å². The number of rotatable bonds is 1. The molecule has 0 fully saturated rings. The summed E-state index contributed by atoms with van der Waals surface area (Å²) >= 11 is 6.23. The molecule has 0 aliphatic carbocycles. The van der Waals surface area contributed by atoms with Gasteiger partial charge in [0.1, 0.15) is 5.39 Å². The maximum Gasteiger partial charge on any atom is 0.417 e. The van der Waals surface area contributed by atoms with Gasteiger partial charge in [0.25, 0.3) is 11.2 Å². The molecule has 1 N–H and O–H groups in total. The highest BCUT2D eigenvalue weighted by molar-refractivity contribution is 6.33. The Labute approximate surface area is 125 Å². The van der Waals surface area contributed by atoms with Gasteiger partial charge in [-0.15, -0.1) is 0 Å². The molecule has 3 rings (SSSR count). The highest BCUT2D eigenvalue weighted by atomic mass is 35.5. The maximum atomic E-state index is 12.5. The zero-order valence-electron chi connectivity index (χ0n) is 11.6. The average Bonchev–Trinajstić information content (AvgIpc) is 2.50. The Morgan fingerprint density at radius 3 is 2.43 bits per heavy atom. The van der Waals surface area contributed by atoms with Crippen LogP contribution in [0.2, 0.25) is 5.02 Å². The van der Waals surface area contributed by atoms with Crippen molar-refractivity contribution >= 4 is 22.6 Å². The minimum Gasteiger partial charge on any atom is -0.268 e. The molecule has 21 heavy (non-hydrogen) atoms. The standard InChI is InChI=1S/C15H12ClN3O2/c1-18-13-12(14(20)19(2)15(18)21)10(7-8-17-13)9-5-3-4-6-11(9)16/h3-8H,1-2H3/p+1. The van der Waals surface area contributed by atoms with Crippen molar-refractivity contribution in [3.8, 4) is 11.1 Å². The van der Waals surface area contributed by atoms with Gasteiger partial charge in [0.05, 0.1) is 13.2 Å². The normalized spacial score (nSPS) is 11.0. The fourth-order valence-electron chi connectivity index (χ4n) is 2.45. The zero-order valence-corrected chi connectivity index (χ0v) is 12.3. The van der Waals surface area contributed by atoms with E-state index in [4.69, 9.17) is 11.6 Å². The highest BCUT2D eigenvalue weighted by Gasteiger charge is 2.20. The topological polar surface area (TPSA) is 58.1 Å². The summed E-state index contributed by atoms with van der Waals surface area (Å²) in [5.74, 6) is 0. The van der Waals surface area contributed by atoms with E-state index < -0.39 is 0 Å². The number of hydrogen-bond acceptors (Lipinski definition) is 2. The largest absolute Gasteiger partial charge is 0.417 e. The summed E-state index contributed by atoms with van der Waals surface area (Å²) in [5.41, 5.74) is 1.21. The van der Waals surface area contributed by atoms with E-state index in [0.717, 1.165) is 10.1 Å². The van der Waals surface area contributed by atoms with Crippen LogP contribution < -0.4 is 16.2 Å². The Morgan fingerprint density at radius 1 is 1.00 bits per heavy atom. The Balaban J connectivity index is 2.56. The molecule has 0 aliphatic heterocycles. The lowest BCUT2D eigenvalue weighted by atomic mass is 10.0. The van der Waals surface area contributed by atoms with Crippen LogP contribution in [0.15, 0.2) is 46.1 Å². The summed E-state index contributed by atoms with van der Waals surface area (Å²) in [4.78, 5) is 27.5. The molecule has 0 amide bonds. The number of aryl methyl sites for hydroxylation is 1. The molecule has 106 valence electrons. The van der Waals surface area contributed by atoms with Crippen LogP contribution in [0.5, 0.6) is 0 Å². The lowest BCUT2D eigenvalue weighted by molar-refractivity contribution is -0.349. The SMILES string of the molecule is Cn1c(=O)c2c(-c3ccccc3Cl)cc[nH+]c2n(C)c1=O. The molecule has 0 aliphatic rings. The van der Waals surface area contributed by atoms with Crippen molar-refractivity contribution in [3.05, 3.63) is 62.4 Å². The van der Waals surface area contributed by atoms with Gasteiger partial charge < -0.3 is 0 Å². The van der Waals surface area contributed by atoms with Gasteiger partial charge in [-0.25, -0.2) is 14.3 Å². The van der Waals surface area contributed by atoms with Crippen LogP contribution in [0.1, 0.15) is 0 Å². The molecule has 2 heterocycles. The molecular weight excluding hydrogens is 290 g/mol. The van der Waals surface area contributed by atoms with E-state index >= 15 is 0 Å². The Morgan fingerprint density at radius 2 is 1.71 bits per heavy atom. The highest BCUT2D eigenvalue weighted by Crippen LogP contribution is 2.29. The number of H-pyrrole nitrogens is 1. The van der Waals surface area contributed by atoms with E-state index in [1.807, 2.05) is 18.2 Å². The third kappa shape index (κ3) is 1.97. The van der Waals surface area contributed by atoms with Crippen LogP contribution >= 0.6 is 11.6 Å². The first-order valence-electron chi connectivity index (χ1n) is 6.37. The van der Waals surface area contributed by atoms with Crippen molar-refractivity contribution in [1.82, 2.24) is 9.13 Å². The molecule has 0 saturated heterocycles. The van der Waals surface area contributed by atoms with Gasteiger partial charge in [0, 0.05) is 23.2 Å². The number of aromatic nitrogens is 3. The number of hydrogen-bond donors (Lipinski definition) is 0. The van der Waals surface area contributed by atoms with Crippen molar-refractivity contribution in [2.24, 2.45) is 14.1 Å². The fraction of sp³-hybridized carbons (Fsp3) is 0.133. The second-order valence-electron chi connectivity index (χ2n) is 4.80. The minimum absolute atomic E-state index is 0.347. The molecule has 0 unspecified atom stereocenters. The molecule has 3 aromatic rings. The average molecular weight is 303 g/mol. The van der Waals surface area contributed by atoms with Crippen molar-refractivity contribution in [2.75, 3.05) is 0 Å². The van der Waals surface area contributed by atoms with Crippen molar-refractivity contribution in [2.45, 2.75) is 0 Å². The zero-order chi connectivity index (χ0) is 15.1. The summed E-state index contributed by atoms with van der Waals surface area (Å²) in [5, 5.41) is 0.996. The predicted molar refractivity (Wildman–Crippen MR) is 81.4 cm³/mol. The number of aromatic amines is 1. The minimum atomic E-state index is -0.375. The molecule has 2 aromatic heterocycles. The van der Waals surface area contributed by atoms with Gasteiger partial charge in [-0.2, -0.15) is 4.57 Å². The third-order valence-corrected chi connectivity index (χ3v) is 3.90. The number of benzene rings is 1. The van der Waals surface area contributed by atoms with Gasteiger partial charge in [0.2, 0.25) is 0 Å². The summed E-state index contributed by atoms with van der Waals surface area (Å²) in [6, 6.07) is 9.09. The van der Waals surface area contributed by atoms with Gasteiger partial charge in [-0.3, -0.25) is 4.79 Å². The summed E-state index contributed by atoms with van der Waals surface area (Å²) < 4.78 is 2.51. The van der Waals surface area contributed by atoms with Gasteiger partial charge >= 0.3 is 5.69 Å². The molecule has 0 bridgehead atoms. The summed E-state index contributed by atoms with van der Waals surface area (Å²) in [6.07, 6.45) is 1.69. The van der Waals surface area contributed by atoms with E-state index in [9.17, 15) is 9.59 Å². The second-order valence-corrected chi connectivity index (χ2v) is 5.21. The number of pyridine rings is 1. The van der Waals surface area contributed by atoms with E-state index in [1.54, 1.807) is 25.4 Å². The van der Waals surface area contributed by atoms with Gasteiger partial charge in [-0.05, 0) is 12.1 Å². The maximum absolute atomic E-state index is 12.5. The van der Waals surface area contributed by atoms with E-state index in [2.05, 4.69) is 4.98 Å². The lowest BCUT2D eigenvalue weighted by Gasteiger charge is -2.07. The molecular formula is C15H13ClN3O2+. The van der Waals surface area contributed by atoms with Crippen LogP contribution in [-0.4, -0.2) is 9.13 Å². The van der Waals surface area contributed by atoms with Gasteiger partial charge in [-0.1, -0.05) is 29.8 Å². The van der Waals surface area contributed by atoms with Gasteiger partial charge in [0.15, 0.2) is 0 Å². The van der Waals surface area contributed by atoms with Crippen LogP contribution in [0, 0.1) is 0 Å². The molecule has 0 atom stereocenters. The fourth-order valence-corrected chi connectivity index (χ4v) is 2.68. The van der Waals surface area contributed by atoms with Crippen LogP contribution in [0.25, 0.3) is 22.2 Å². The van der Waals surface area contributed by atoms with Crippen LogP contribution in [0.4, 0.5) is 0 Å². The molecule has 6 heteroatoms. The number of nitrogens with one attached hydrogen (secondary N) is 1. The number of fused-ring (bicyclic) bond motifs is 1. The Hall–Kier alpha value is -2.40. The smallest absolute Gasteiger partial charge is 0.268 e.